The Morgan fingerprint density at radius 3 is 2.15 bits per heavy atom. The highest BCUT2D eigenvalue weighted by atomic mass is 16.4. The third-order valence-electron chi connectivity index (χ3n) is 4.75. The molecule has 2 heteroatoms. The van der Waals surface area contributed by atoms with Gasteiger partial charge in [-0.2, -0.15) is 0 Å². The minimum absolute atomic E-state index is 0.246. The predicted octanol–water partition coefficient (Wildman–Crippen LogP) is 4.78. The van der Waals surface area contributed by atoms with Crippen molar-refractivity contribution in [3.8, 4) is 0 Å². The molecule has 1 rings (SSSR count). The fraction of sp³-hybridized carbons (Fsp3) is 0.611. The summed E-state index contributed by atoms with van der Waals surface area (Å²) in [4.78, 5) is 11.7. The molecule has 2 nitrogen and oxygen atoms in total. The SMILES string of the molecule is CC(C)CCC(C)(Cc1ccccc1)C(C)(C)C(=O)O. The van der Waals surface area contributed by atoms with Crippen molar-refractivity contribution < 1.29 is 9.90 Å². The van der Waals surface area contributed by atoms with Crippen molar-refractivity contribution in [2.24, 2.45) is 16.7 Å². The van der Waals surface area contributed by atoms with Crippen LogP contribution in [0.4, 0.5) is 0 Å². The molecule has 0 spiro atoms. The van der Waals surface area contributed by atoms with Crippen molar-refractivity contribution in [1.29, 1.82) is 0 Å². The highest BCUT2D eigenvalue weighted by Crippen LogP contribution is 2.46. The van der Waals surface area contributed by atoms with Gasteiger partial charge in [0.15, 0.2) is 0 Å². The molecule has 0 bridgehead atoms. The molecule has 1 unspecified atom stereocenters. The molecule has 0 saturated heterocycles. The second kappa shape index (κ2) is 6.43. The number of carboxylic acid groups (broad SMARTS) is 1. The molecule has 0 amide bonds. The summed E-state index contributed by atoms with van der Waals surface area (Å²) in [6.45, 7) is 10.2. The Morgan fingerprint density at radius 2 is 1.70 bits per heavy atom. The average Bonchev–Trinajstić information content (AvgIpc) is 2.37. The molecule has 1 N–H and O–H groups in total. The zero-order chi connectivity index (χ0) is 15.4. The number of hydrogen-bond acceptors (Lipinski definition) is 1. The molecule has 0 saturated carbocycles. The Morgan fingerprint density at radius 1 is 1.15 bits per heavy atom. The van der Waals surface area contributed by atoms with Gasteiger partial charge in [0.1, 0.15) is 0 Å². The van der Waals surface area contributed by atoms with Gasteiger partial charge in [-0.3, -0.25) is 4.79 Å². The lowest BCUT2D eigenvalue weighted by Gasteiger charge is -2.42. The number of aliphatic carboxylic acids is 1. The summed E-state index contributed by atoms with van der Waals surface area (Å²) in [6.07, 6.45) is 2.79. The number of rotatable bonds is 7. The van der Waals surface area contributed by atoms with E-state index in [4.69, 9.17) is 0 Å². The predicted molar refractivity (Wildman–Crippen MR) is 83.7 cm³/mol. The molecule has 0 aliphatic rings. The first-order valence-electron chi connectivity index (χ1n) is 7.46. The van der Waals surface area contributed by atoms with E-state index in [2.05, 4.69) is 32.9 Å². The molecule has 0 fully saturated rings. The fourth-order valence-electron chi connectivity index (χ4n) is 2.53. The maximum atomic E-state index is 11.7. The summed E-state index contributed by atoms with van der Waals surface area (Å²) < 4.78 is 0. The van der Waals surface area contributed by atoms with E-state index in [1.807, 2.05) is 32.0 Å². The van der Waals surface area contributed by atoms with Crippen LogP contribution in [0.15, 0.2) is 30.3 Å². The minimum Gasteiger partial charge on any atom is -0.481 e. The lowest BCUT2D eigenvalue weighted by atomic mass is 9.61. The van der Waals surface area contributed by atoms with Gasteiger partial charge in [0, 0.05) is 0 Å². The van der Waals surface area contributed by atoms with Crippen molar-refractivity contribution in [1.82, 2.24) is 0 Å². The average molecular weight is 276 g/mol. The Balaban J connectivity index is 3.03. The monoisotopic (exact) mass is 276 g/mol. The van der Waals surface area contributed by atoms with Crippen LogP contribution in [0.2, 0.25) is 0 Å². The molecular weight excluding hydrogens is 248 g/mol. The molecule has 0 aliphatic heterocycles. The van der Waals surface area contributed by atoms with Crippen LogP contribution < -0.4 is 0 Å². The van der Waals surface area contributed by atoms with Gasteiger partial charge in [-0.05, 0) is 43.6 Å². The van der Waals surface area contributed by atoms with E-state index in [0.717, 1.165) is 19.3 Å². The topological polar surface area (TPSA) is 37.3 Å². The van der Waals surface area contributed by atoms with E-state index in [0.29, 0.717) is 5.92 Å². The summed E-state index contributed by atoms with van der Waals surface area (Å²) in [5.41, 5.74) is 0.232. The number of carbonyl (C=O) groups is 1. The Kier molecular flexibility index (Phi) is 5.38. The van der Waals surface area contributed by atoms with Crippen LogP contribution in [0.3, 0.4) is 0 Å². The molecule has 0 aliphatic carbocycles. The highest BCUT2D eigenvalue weighted by Gasteiger charge is 2.46. The van der Waals surface area contributed by atoms with E-state index in [1.54, 1.807) is 0 Å². The second-order valence-corrected chi connectivity index (χ2v) is 7.09. The van der Waals surface area contributed by atoms with Gasteiger partial charge in [-0.15, -0.1) is 0 Å². The smallest absolute Gasteiger partial charge is 0.309 e. The quantitative estimate of drug-likeness (QED) is 0.778. The summed E-state index contributed by atoms with van der Waals surface area (Å²) >= 11 is 0. The van der Waals surface area contributed by atoms with Crippen LogP contribution in [0.25, 0.3) is 0 Å². The summed E-state index contributed by atoms with van der Waals surface area (Å²) in [7, 11) is 0. The molecule has 1 aromatic rings. The molecule has 1 atom stereocenters. The van der Waals surface area contributed by atoms with Crippen LogP contribution in [0.1, 0.15) is 53.0 Å². The first-order chi connectivity index (χ1) is 9.19. The summed E-state index contributed by atoms with van der Waals surface area (Å²) in [5.74, 6) is -0.116. The van der Waals surface area contributed by atoms with Crippen molar-refractivity contribution in [3.63, 3.8) is 0 Å². The lowest BCUT2D eigenvalue weighted by molar-refractivity contribution is -0.155. The molecule has 0 radical (unpaired) electrons. The lowest BCUT2D eigenvalue weighted by Crippen LogP contribution is -2.43. The maximum absolute atomic E-state index is 11.7. The van der Waals surface area contributed by atoms with E-state index < -0.39 is 11.4 Å². The highest BCUT2D eigenvalue weighted by molar-refractivity contribution is 5.74. The molecule has 20 heavy (non-hydrogen) atoms. The Labute approximate surface area is 123 Å². The molecule has 0 aromatic heterocycles. The van der Waals surface area contributed by atoms with E-state index >= 15 is 0 Å². The van der Waals surface area contributed by atoms with Gasteiger partial charge < -0.3 is 5.11 Å². The summed E-state index contributed by atoms with van der Waals surface area (Å²) in [6, 6.07) is 10.2. The first kappa shape index (κ1) is 16.7. The van der Waals surface area contributed by atoms with Gasteiger partial charge in [-0.25, -0.2) is 0 Å². The van der Waals surface area contributed by atoms with E-state index in [9.17, 15) is 9.90 Å². The van der Waals surface area contributed by atoms with Crippen molar-refractivity contribution in [2.45, 2.75) is 53.9 Å². The van der Waals surface area contributed by atoms with E-state index in [-0.39, 0.29) is 5.41 Å². The maximum Gasteiger partial charge on any atom is 0.309 e. The standard InChI is InChI=1S/C18H28O2/c1-14(2)11-12-18(5,17(3,4)16(19)20)13-15-9-7-6-8-10-15/h6-10,14H,11-13H2,1-5H3,(H,19,20). The molecule has 112 valence electrons. The third kappa shape index (κ3) is 3.84. The van der Waals surface area contributed by atoms with Crippen molar-refractivity contribution >= 4 is 5.97 Å². The zero-order valence-electron chi connectivity index (χ0n) is 13.4. The number of benzene rings is 1. The van der Waals surface area contributed by atoms with Gasteiger partial charge in [0.2, 0.25) is 0 Å². The molecule has 1 aromatic carbocycles. The fourth-order valence-corrected chi connectivity index (χ4v) is 2.53. The van der Waals surface area contributed by atoms with Crippen LogP contribution in [-0.2, 0) is 11.2 Å². The van der Waals surface area contributed by atoms with Crippen molar-refractivity contribution in [2.75, 3.05) is 0 Å². The van der Waals surface area contributed by atoms with Gasteiger partial charge in [0.25, 0.3) is 0 Å². The van der Waals surface area contributed by atoms with Crippen LogP contribution in [0, 0.1) is 16.7 Å². The normalized spacial score (nSPS) is 15.1. The minimum atomic E-state index is -0.738. The zero-order valence-corrected chi connectivity index (χ0v) is 13.4. The van der Waals surface area contributed by atoms with Crippen LogP contribution in [-0.4, -0.2) is 11.1 Å². The molecule has 0 heterocycles. The van der Waals surface area contributed by atoms with E-state index in [1.165, 1.54) is 5.56 Å². The Bertz CT molecular complexity index is 434. The molecular formula is C18H28O2. The summed E-state index contributed by atoms with van der Waals surface area (Å²) in [5, 5.41) is 9.62. The third-order valence-corrected chi connectivity index (χ3v) is 4.75. The van der Waals surface area contributed by atoms with Gasteiger partial charge >= 0.3 is 5.97 Å². The van der Waals surface area contributed by atoms with Crippen LogP contribution >= 0.6 is 0 Å². The number of hydrogen-bond donors (Lipinski definition) is 1. The van der Waals surface area contributed by atoms with Gasteiger partial charge in [0.05, 0.1) is 5.41 Å². The van der Waals surface area contributed by atoms with Gasteiger partial charge in [-0.1, -0.05) is 57.5 Å². The van der Waals surface area contributed by atoms with Crippen LogP contribution in [0.5, 0.6) is 0 Å². The number of carboxylic acids is 1. The van der Waals surface area contributed by atoms with Crippen molar-refractivity contribution in [3.05, 3.63) is 35.9 Å². The largest absolute Gasteiger partial charge is 0.481 e. The first-order valence-corrected chi connectivity index (χ1v) is 7.46. The second-order valence-electron chi connectivity index (χ2n) is 7.09. The Hall–Kier alpha value is -1.31.